The van der Waals surface area contributed by atoms with Crippen molar-refractivity contribution in [2.75, 3.05) is 32.9 Å². The molecule has 6 heteroatoms. The fourth-order valence-electron chi connectivity index (χ4n) is 2.33. The predicted octanol–water partition coefficient (Wildman–Crippen LogP) is 2.06. The first-order valence-corrected chi connectivity index (χ1v) is 6.29. The van der Waals surface area contributed by atoms with Crippen LogP contribution in [0, 0.1) is 0 Å². The topological polar surface area (TPSA) is 39.7 Å². The number of hydrogen-bond donors (Lipinski definition) is 1. The van der Waals surface area contributed by atoms with Gasteiger partial charge in [0.05, 0.1) is 12.7 Å². The molecule has 0 aliphatic carbocycles. The van der Waals surface area contributed by atoms with E-state index in [0.29, 0.717) is 43.4 Å². The molecule has 3 rings (SSSR count). The van der Waals surface area contributed by atoms with Gasteiger partial charge in [-0.25, -0.2) is 8.78 Å². The van der Waals surface area contributed by atoms with E-state index >= 15 is 0 Å². The predicted molar refractivity (Wildman–Crippen MR) is 64.0 cm³/mol. The zero-order chi connectivity index (χ0) is 13.2. The molecule has 19 heavy (non-hydrogen) atoms. The Kier molecular flexibility index (Phi) is 3.52. The molecule has 0 saturated carbocycles. The van der Waals surface area contributed by atoms with Gasteiger partial charge in [0.2, 0.25) is 0 Å². The van der Waals surface area contributed by atoms with Crippen LogP contribution in [0.2, 0.25) is 0 Å². The molecule has 1 unspecified atom stereocenters. The summed E-state index contributed by atoms with van der Waals surface area (Å²) in [6.07, 6.45) is -2.81. The highest BCUT2D eigenvalue weighted by atomic mass is 19.3. The summed E-state index contributed by atoms with van der Waals surface area (Å²) in [5.74, 6) is 0.914. The van der Waals surface area contributed by atoms with E-state index in [0.717, 1.165) is 6.54 Å². The number of ether oxygens (including phenoxy) is 3. The minimum Gasteiger partial charge on any atom is -0.486 e. The first kappa shape index (κ1) is 12.6. The van der Waals surface area contributed by atoms with Crippen LogP contribution in [0.4, 0.5) is 8.78 Å². The van der Waals surface area contributed by atoms with Crippen LogP contribution in [0.25, 0.3) is 0 Å². The number of hydrogen-bond acceptors (Lipinski definition) is 4. The second-order valence-electron chi connectivity index (χ2n) is 4.50. The lowest BCUT2D eigenvalue weighted by atomic mass is 10.0. The second-order valence-corrected chi connectivity index (χ2v) is 4.50. The average Bonchev–Trinajstić information content (AvgIpc) is 2.47. The fraction of sp³-hybridized carbons (Fsp3) is 0.538. The van der Waals surface area contributed by atoms with Crippen molar-refractivity contribution in [3.8, 4) is 11.5 Å². The molecule has 0 bridgehead atoms. The number of fused-ring (bicyclic) bond motifs is 1. The number of morpholine rings is 1. The molecule has 1 atom stereocenters. The highest BCUT2D eigenvalue weighted by molar-refractivity contribution is 5.51. The van der Waals surface area contributed by atoms with Gasteiger partial charge in [0.25, 0.3) is 6.43 Å². The van der Waals surface area contributed by atoms with Gasteiger partial charge < -0.3 is 19.5 Å². The summed E-state index contributed by atoms with van der Waals surface area (Å²) in [5.41, 5.74) is 0.577. The van der Waals surface area contributed by atoms with E-state index in [1.807, 2.05) is 0 Å². The Morgan fingerprint density at radius 3 is 2.74 bits per heavy atom. The Morgan fingerprint density at radius 1 is 1.16 bits per heavy atom. The maximum atomic E-state index is 12.9. The number of halogens is 2. The second kappa shape index (κ2) is 5.30. The minimum absolute atomic E-state index is 0.0616. The van der Waals surface area contributed by atoms with Gasteiger partial charge in [0, 0.05) is 24.2 Å². The molecule has 1 fully saturated rings. The Morgan fingerprint density at radius 2 is 2.00 bits per heavy atom. The smallest absolute Gasteiger partial charge is 0.263 e. The molecule has 104 valence electrons. The van der Waals surface area contributed by atoms with E-state index in [4.69, 9.17) is 14.2 Å². The number of benzene rings is 1. The van der Waals surface area contributed by atoms with Crippen molar-refractivity contribution >= 4 is 0 Å². The van der Waals surface area contributed by atoms with Gasteiger partial charge in [-0.1, -0.05) is 0 Å². The Balaban J connectivity index is 2.01. The van der Waals surface area contributed by atoms with Gasteiger partial charge in [-0.3, -0.25) is 0 Å². The summed E-state index contributed by atoms with van der Waals surface area (Å²) in [5, 5.41) is 3.18. The lowest BCUT2D eigenvalue weighted by Crippen LogP contribution is -2.34. The van der Waals surface area contributed by atoms with Crippen LogP contribution in [-0.2, 0) is 4.74 Å². The van der Waals surface area contributed by atoms with Crippen LogP contribution < -0.4 is 14.8 Å². The Bertz CT molecular complexity index is 461. The normalized spacial score (nSPS) is 22.6. The van der Waals surface area contributed by atoms with Crippen LogP contribution in [0.15, 0.2) is 12.1 Å². The van der Waals surface area contributed by atoms with Crippen LogP contribution in [0.3, 0.4) is 0 Å². The van der Waals surface area contributed by atoms with Gasteiger partial charge in [-0.15, -0.1) is 0 Å². The standard InChI is InChI=1S/C13H15F2NO3/c14-13(15)8-5-9(11-7-16-1-2-17-11)12-10(6-8)18-3-4-19-12/h5-6,11,13,16H,1-4,7H2. The third-order valence-corrected chi connectivity index (χ3v) is 3.22. The van der Waals surface area contributed by atoms with Crippen molar-refractivity contribution in [3.63, 3.8) is 0 Å². The third kappa shape index (κ3) is 2.50. The van der Waals surface area contributed by atoms with Crippen LogP contribution >= 0.6 is 0 Å². The molecule has 4 nitrogen and oxygen atoms in total. The SMILES string of the molecule is FC(F)c1cc2c(c(C3CNCCO3)c1)OCCO2. The molecule has 0 radical (unpaired) electrons. The van der Waals surface area contributed by atoms with E-state index in [2.05, 4.69) is 5.32 Å². The number of nitrogens with one attached hydrogen (secondary N) is 1. The molecule has 0 amide bonds. The summed E-state index contributed by atoms with van der Waals surface area (Å²) >= 11 is 0. The van der Waals surface area contributed by atoms with Gasteiger partial charge in [0.1, 0.15) is 13.2 Å². The zero-order valence-corrected chi connectivity index (χ0v) is 10.3. The van der Waals surface area contributed by atoms with Gasteiger partial charge in [-0.05, 0) is 12.1 Å². The monoisotopic (exact) mass is 271 g/mol. The Hall–Kier alpha value is -1.40. The first-order valence-electron chi connectivity index (χ1n) is 6.29. The molecular weight excluding hydrogens is 256 g/mol. The first-order chi connectivity index (χ1) is 9.25. The number of rotatable bonds is 2. The summed E-state index contributed by atoms with van der Waals surface area (Å²) in [7, 11) is 0. The maximum Gasteiger partial charge on any atom is 0.263 e. The largest absolute Gasteiger partial charge is 0.486 e. The molecule has 1 aromatic rings. The summed E-state index contributed by atoms with van der Waals surface area (Å²) in [4.78, 5) is 0. The van der Waals surface area contributed by atoms with E-state index < -0.39 is 6.43 Å². The van der Waals surface area contributed by atoms with Crippen molar-refractivity contribution in [2.45, 2.75) is 12.5 Å². The third-order valence-electron chi connectivity index (χ3n) is 3.22. The van der Waals surface area contributed by atoms with Gasteiger partial charge in [0.15, 0.2) is 11.5 Å². The van der Waals surface area contributed by atoms with Crippen molar-refractivity contribution in [1.29, 1.82) is 0 Å². The van der Waals surface area contributed by atoms with E-state index in [1.54, 1.807) is 0 Å². The maximum absolute atomic E-state index is 12.9. The average molecular weight is 271 g/mol. The molecule has 0 aromatic heterocycles. The molecule has 2 aliphatic rings. The lowest BCUT2D eigenvalue weighted by Gasteiger charge is -2.29. The fourth-order valence-corrected chi connectivity index (χ4v) is 2.33. The van der Waals surface area contributed by atoms with Crippen molar-refractivity contribution in [3.05, 3.63) is 23.3 Å². The summed E-state index contributed by atoms with van der Waals surface area (Å²) < 4.78 is 42.5. The quantitative estimate of drug-likeness (QED) is 0.893. The van der Waals surface area contributed by atoms with Crippen LogP contribution in [0.5, 0.6) is 11.5 Å². The highest BCUT2D eigenvalue weighted by Crippen LogP contribution is 2.41. The molecule has 1 N–H and O–H groups in total. The summed E-state index contributed by atoms with van der Waals surface area (Å²) in [6, 6.07) is 2.80. The molecule has 2 aliphatic heterocycles. The van der Waals surface area contributed by atoms with E-state index in [-0.39, 0.29) is 11.7 Å². The lowest BCUT2D eigenvalue weighted by molar-refractivity contribution is 0.0241. The molecular formula is C13H15F2NO3. The van der Waals surface area contributed by atoms with Crippen molar-refractivity contribution in [1.82, 2.24) is 5.32 Å². The van der Waals surface area contributed by atoms with Crippen LogP contribution in [-0.4, -0.2) is 32.9 Å². The van der Waals surface area contributed by atoms with Gasteiger partial charge in [-0.2, -0.15) is 0 Å². The zero-order valence-electron chi connectivity index (χ0n) is 10.3. The molecule has 1 saturated heterocycles. The Labute approximate surface area is 109 Å². The van der Waals surface area contributed by atoms with Crippen LogP contribution in [0.1, 0.15) is 23.7 Å². The van der Waals surface area contributed by atoms with Gasteiger partial charge >= 0.3 is 0 Å². The highest BCUT2D eigenvalue weighted by Gasteiger charge is 2.27. The molecule has 0 spiro atoms. The van der Waals surface area contributed by atoms with E-state index in [9.17, 15) is 8.78 Å². The van der Waals surface area contributed by atoms with Crippen molar-refractivity contribution in [2.24, 2.45) is 0 Å². The summed E-state index contributed by atoms with van der Waals surface area (Å²) in [6.45, 7) is 2.71. The molecule has 1 aromatic carbocycles. The molecule has 2 heterocycles. The minimum atomic E-state index is -2.54. The van der Waals surface area contributed by atoms with Crippen molar-refractivity contribution < 1.29 is 23.0 Å². The number of alkyl halides is 2. The van der Waals surface area contributed by atoms with E-state index in [1.165, 1.54) is 12.1 Å².